The Morgan fingerprint density at radius 2 is 1.96 bits per heavy atom. The van der Waals surface area contributed by atoms with Gasteiger partial charge in [0.15, 0.2) is 5.76 Å². The zero-order valence-corrected chi connectivity index (χ0v) is 16.8. The van der Waals surface area contributed by atoms with E-state index in [4.69, 9.17) is 16.0 Å². The number of hydrogen-bond donors (Lipinski definition) is 1. The van der Waals surface area contributed by atoms with Crippen LogP contribution in [0, 0.1) is 27.7 Å². The molecule has 3 rings (SSSR count). The van der Waals surface area contributed by atoms with Gasteiger partial charge in [0, 0.05) is 18.8 Å². The average molecular weight is 390 g/mol. The molecule has 0 spiro atoms. The SMILES string of the molecule is Cc1cc(C)n(CCCNC(=O)c2ccc(Cn3nc(C)c(Cl)c3C)o2)n1. The van der Waals surface area contributed by atoms with Crippen LogP contribution in [0.1, 0.15) is 45.5 Å². The van der Waals surface area contributed by atoms with Crippen LogP contribution in [-0.2, 0) is 13.1 Å². The van der Waals surface area contributed by atoms with E-state index in [9.17, 15) is 4.79 Å². The van der Waals surface area contributed by atoms with Gasteiger partial charge in [-0.2, -0.15) is 10.2 Å². The highest BCUT2D eigenvalue weighted by Crippen LogP contribution is 2.20. The summed E-state index contributed by atoms with van der Waals surface area (Å²) in [4.78, 5) is 12.2. The first-order chi connectivity index (χ1) is 12.8. The van der Waals surface area contributed by atoms with Gasteiger partial charge in [-0.15, -0.1) is 0 Å². The van der Waals surface area contributed by atoms with Crippen LogP contribution < -0.4 is 5.32 Å². The maximum absolute atomic E-state index is 12.2. The second-order valence-electron chi connectivity index (χ2n) is 6.67. The minimum atomic E-state index is -0.221. The molecule has 0 unspecified atom stereocenters. The van der Waals surface area contributed by atoms with Crippen molar-refractivity contribution in [3.63, 3.8) is 0 Å². The number of aromatic nitrogens is 4. The molecule has 3 heterocycles. The third-order valence-electron chi connectivity index (χ3n) is 4.42. The molecule has 0 saturated carbocycles. The molecular formula is C19H24ClN5O2. The molecule has 0 aliphatic carbocycles. The van der Waals surface area contributed by atoms with Gasteiger partial charge in [0.2, 0.25) is 0 Å². The lowest BCUT2D eigenvalue weighted by Crippen LogP contribution is -2.25. The van der Waals surface area contributed by atoms with Gasteiger partial charge in [-0.3, -0.25) is 14.2 Å². The molecule has 1 N–H and O–H groups in total. The second kappa shape index (κ2) is 8.00. The highest BCUT2D eigenvalue weighted by Gasteiger charge is 2.14. The largest absolute Gasteiger partial charge is 0.454 e. The lowest BCUT2D eigenvalue weighted by atomic mass is 10.3. The number of halogens is 1. The van der Waals surface area contributed by atoms with Gasteiger partial charge in [-0.1, -0.05) is 11.6 Å². The van der Waals surface area contributed by atoms with Crippen molar-refractivity contribution < 1.29 is 9.21 Å². The minimum Gasteiger partial charge on any atom is -0.454 e. The summed E-state index contributed by atoms with van der Waals surface area (Å²) in [5, 5.41) is 12.3. The Kier molecular flexibility index (Phi) is 5.70. The highest BCUT2D eigenvalue weighted by molar-refractivity contribution is 6.31. The summed E-state index contributed by atoms with van der Waals surface area (Å²) in [5.74, 6) is 0.731. The van der Waals surface area contributed by atoms with Crippen LogP contribution in [0.15, 0.2) is 22.6 Å². The summed E-state index contributed by atoms with van der Waals surface area (Å²) in [6.45, 7) is 9.52. The molecule has 0 aliphatic rings. The second-order valence-corrected chi connectivity index (χ2v) is 7.05. The fraction of sp³-hybridized carbons (Fsp3) is 0.421. The number of nitrogens with zero attached hydrogens (tertiary/aromatic N) is 4. The number of aryl methyl sites for hydroxylation is 4. The number of hydrogen-bond acceptors (Lipinski definition) is 4. The Balaban J connectivity index is 1.51. The third-order valence-corrected chi connectivity index (χ3v) is 4.97. The van der Waals surface area contributed by atoms with E-state index in [0.29, 0.717) is 29.6 Å². The quantitative estimate of drug-likeness (QED) is 0.628. The van der Waals surface area contributed by atoms with Crippen LogP contribution in [0.2, 0.25) is 5.02 Å². The zero-order valence-electron chi connectivity index (χ0n) is 16.0. The maximum Gasteiger partial charge on any atom is 0.286 e. The lowest BCUT2D eigenvalue weighted by Gasteiger charge is -2.06. The average Bonchev–Trinajstić information content (AvgIpc) is 3.28. The van der Waals surface area contributed by atoms with E-state index in [-0.39, 0.29) is 5.91 Å². The molecule has 3 aromatic rings. The summed E-state index contributed by atoms with van der Waals surface area (Å²) in [6.07, 6.45) is 0.797. The molecule has 0 saturated heterocycles. The van der Waals surface area contributed by atoms with Crippen molar-refractivity contribution in [2.24, 2.45) is 0 Å². The Hall–Kier alpha value is -2.54. The van der Waals surface area contributed by atoms with Gasteiger partial charge in [0.1, 0.15) is 5.76 Å². The number of carbonyl (C=O) groups excluding carboxylic acids is 1. The molecule has 0 fully saturated rings. The van der Waals surface area contributed by atoms with Crippen molar-refractivity contribution in [2.45, 2.75) is 47.2 Å². The Morgan fingerprint density at radius 3 is 2.59 bits per heavy atom. The predicted molar refractivity (Wildman–Crippen MR) is 103 cm³/mol. The summed E-state index contributed by atoms with van der Waals surface area (Å²) >= 11 is 6.16. The van der Waals surface area contributed by atoms with Crippen molar-refractivity contribution >= 4 is 17.5 Å². The van der Waals surface area contributed by atoms with Crippen LogP contribution in [-0.4, -0.2) is 32.0 Å². The van der Waals surface area contributed by atoms with Crippen LogP contribution in [0.4, 0.5) is 0 Å². The third kappa shape index (κ3) is 4.42. The monoisotopic (exact) mass is 389 g/mol. The summed E-state index contributed by atoms with van der Waals surface area (Å²) in [5.41, 5.74) is 3.78. The van der Waals surface area contributed by atoms with Crippen LogP contribution in [0.5, 0.6) is 0 Å². The molecule has 0 atom stereocenters. The minimum absolute atomic E-state index is 0.221. The summed E-state index contributed by atoms with van der Waals surface area (Å²) < 4.78 is 9.38. The molecule has 0 aromatic carbocycles. The van der Waals surface area contributed by atoms with Crippen molar-refractivity contribution in [2.75, 3.05) is 6.54 Å². The number of carbonyl (C=O) groups is 1. The first-order valence-electron chi connectivity index (χ1n) is 8.92. The van der Waals surface area contributed by atoms with Crippen LogP contribution in [0.3, 0.4) is 0 Å². The number of furan rings is 1. The van der Waals surface area contributed by atoms with E-state index in [0.717, 1.165) is 35.7 Å². The number of amides is 1. The number of nitrogens with one attached hydrogen (secondary N) is 1. The Bertz CT molecular complexity index is 954. The smallest absolute Gasteiger partial charge is 0.286 e. The maximum atomic E-state index is 12.2. The zero-order chi connectivity index (χ0) is 19.6. The van der Waals surface area contributed by atoms with E-state index in [1.54, 1.807) is 16.8 Å². The molecule has 27 heavy (non-hydrogen) atoms. The Morgan fingerprint density at radius 1 is 1.19 bits per heavy atom. The van der Waals surface area contributed by atoms with Gasteiger partial charge in [-0.05, 0) is 52.3 Å². The molecule has 144 valence electrons. The van der Waals surface area contributed by atoms with Gasteiger partial charge in [-0.25, -0.2) is 0 Å². The summed E-state index contributed by atoms with van der Waals surface area (Å²) in [6, 6.07) is 5.51. The van der Waals surface area contributed by atoms with Gasteiger partial charge >= 0.3 is 0 Å². The number of rotatable bonds is 7. The molecule has 8 heteroatoms. The summed E-state index contributed by atoms with van der Waals surface area (Å²) in [7, 11) is 0. The first kappa shape index (κ1) is 19.2. The van der Waals surface area contributed by atoms with Crippen molar-refractivity contribution in [3.05, 3.63) is 57.5 Å². The standard InChI is InChI=1S/C19H24ClN5O2/c1-12-10-13(2)24(22-12)9-5-8-21-19(26)17-7-6-16(27-17)11-25-15(4)18(20)14(3)23-25/h6-7,10H,5,8-9,11H2,1-4H3,(H,21,26). The van der Waals surface area contributed by atoms with Crippen molar-refractivity contribution in [3.8, 4) is 0 Å². The van der Waals surface area contributed by atoms with E-state index >= 15 is 0 Å². The van der Waals surface area contributed by atoms with Gasteiger partial charge in [0.25, 0.3) is 5.91 Å². The molecule has 7 nitrogen and oxygen atoms in total. The predicted octanol–water partition coefficient (Wildman–Crippen LogP) is 3.43. The molecule has 1 amide bonds. The molecule has 3 aromatic heterocycles. The van der Waals surface area contributed by atoms with Crippen LogP contribution >= 0.6 is 11.6 Å². The van der Waals surface area contributed by atoms with Crippen molar-refractivity contribution in [1.82, 2.24) is 24.9 Å². The van der Waals surface area contributed by atoms with E-state index in [1.165, 1.54) is 0 Å². The molecular weight excluding hydrogens is 366 g/mol. The lowest BCUT2D eigenvalue weighted by molar-refractivity contribution is 0.0923. The van der Waals surface area contributed by atoms with Gasteiger partial charge < -0.3 is 9.73 Å². The van der Waals surface area contributed by atoms with Crippen molar-refractivity contribution in [1.29, 1.82) is 0 Å². The van der Waals surface area contributed by atoms with Gasteiger partial charge in [0.05, 0.1) is 28.6 Å². The van der Waals surface area contributed by atoms with Crippen LogP contribution in [0.25, 0.3) is 0 Å². The van der Waals surface area contributed by atoms with E-state index in [1.807, 2.05) is 38.4 Å². The fourth-order valence-corrected chi connectivity index (χ4v) is 3.12. The molecule has 0 aliphatic heterocycles. The van der Waals surface area contributed by atoms with E-state index < -0.39 is 0 Å². The molecule has 0 radical (unpaired) electrons. The first-order valence-corrected chi connectivity index (χ1v) is 9.30. The molecule has 0 bridgehead atoms. The normalized spacial score (nSPS) is 11.1. The highest BCUT2D eigenvalue weighted by atomic mass is 35.5. The van der Waals surface area contributed by atoms with E-state index in [2.05, 4.69) is 15.5 Å². The Labute approximate surface area is 163 Å². The topological polar surface area (TPSA) is 77.9 Å². The fourth-order valence-electron chi connectivity index (χ4n) is 2.98.